The maximum absolute atomic E-state index is 11.4. The number of hydrogen-bond acceptors (Lipinski definition) is 4. The van der Waals surface area contributed by atoms with Gasteiger partial charge in [-0.1, -0.05) is 6.92 Å². The van der Waals surface area contributed by atoms with Gasteiger partial charge in [0.15, 0.2) is 0 Å². The smallest absolute Gasteiger partial charge is 0.337 e. The van der Waals surface area contributed by atoms with Crippen LogP contribution in [0.1, 0.15) is 20.8 Å². The molecule has 0 aliphatic carbocycles. The van der Waals surface area contributed by atoms with Gasteiger partial charge in [0, 0.05) is 6.61 Å². The summed E-state index contributed by atoms with van der Waals surface area (Å²) in [6.45, 7) is 6.10. The fourth-order valence-corrected chi connectivity index (χ4v) is 1.58. The van der Waals surface area contributed by atoms with Gasteiger partial charge in [0.1, 0.15) is 5.76 Å². The van der Waals surface area contributed by atoms with Crippen LogP contribution in [0.4, 0.5) is 0 Å². The summed E-state index contributed by atoms with van der Waals surface area (Å²) in [7, 11) is 1.36. The first kappa shape index (κ1) is 11.0. The molecule has 0 amide bonds. The van der Waals surface area contributed by atoms with Crippen LogP contribution < -0.4 is 0 Å². The maximum Gasteiger partial charge on any atom is 0.337 e. The maximum atomic E-state index is 11.4. The molecule has 4 nitrogen and oxygen atoms in total. The van der Waals surface area contributed by atoms with Gasteiger partial charge in [-0.15, -0.1) is 0 Å². The van der Waals surface area contributed by atoms with E-state index in [4.69, 9.17) is 9.47 Å². The molecule has 2 atom stereocenters. The average Bonchev–Trinajstić information content (AvgIpc) is 2.42. The van der Waals surface area contributed by atoms with Gasteiger partial charge in [-0.05, 0) is 13.8 Å². The minimum Gasteiger partial charge on any atom is -0.468 e. The highest BCUT2D eigenvalue weighted by Gasteiger charge is 2.36. The van der Waals surface area contributed by atoms with E-state index in [0.717, 1.165) is 0 Å². The van der Waals surface area contributed by atoms with Gasteiger partial charge in [0.25, 0.3) is 0 Å². The fourth-order valence-electron chi connectivity index (χ4n) is 1.58. The Morgan fingerprint density at radius 2 is 2.21 bits per heavy atom. The molecule has 14 heavy (non-hydrogen) atoms. The second-order valence-corrected chi connectivity index (χ2v) is 3.19. The largest absolute Gasteiger partial charge is 0.468 e. The molecule has 0 fully saturated rings. The van der Waals surface area contributed by atoms with Crippen molar-refractivity contribution in [1.82, 2.24) is 0 Å². The normalized spacial score (nSPS) is 26.3. The molecule has 0 radical (unpaired) electrons. The molecule has 0 bridgehead atoms. The lowest BCUT2D eigenvalue weighted by Gasteiger charge is -2.16. The molecule has 0 spiro atoms. The molecule has 0 aromatic carbocycles. The zero-order chi connectivity index (χ0) is 10.7. The Morgan fingerprint density at radius 1 is 1.57 bits per heavy atom. The third kappa shape index (κ3) is 1.90. The number of methoxy groups -OCH3 is 1. The number of allylic oxidation sites excluding steroid dienone is 1. The first-order valence-corrected chi connectivity index (χ1v) is 4.69. The Labute approximate surface area is 83.8 Å². The number of esters is 1. The van der Waals surface area contributed by atoms with Crippen molar-refractivity contribution in [1.29, 1.82) is 0 Å². The molecule has 0 aromatic rings. The lowest BCUT2D eigenvalue weighted by Crippen LogP contribution is -2.22. The Balaban J connectivity index is 2.76. The number of hydrogen-bond donors (Lipinski definition) is 0. The van der Waals surface area contributed by atoms with E-state index in [9.17, 15) is 4.79 Å². The Morgan fingerprint density at radius 3 is 2.71 bits per heavy atom. The van der Waals surface area contributed by atoms with E-state index in [-0.39, 0.29) is 18.2 Å². The molecule has 1 aliphatic heterocycles. The first-order valence-electron chi connectivity index (χ1n) is 4.69. The second-order valence-electron chi connectivity index (χ2n) is 3.19. The minimum atomic E-state index is -0.353. The van der Waals surface area contributed by atoms with Crippen LogP contribution in [0.3, 0.4) is 0 Å². The molecule has 1 rings (SSSR count). The highest BCUT2D eigenvalue weighted by Crippen LogP contribution is 2.31. The van der Waals surface area contributed by atoms with E-state index in [1.54, 1.807) is 6.92 Å². The predicted molar refractivity (Wildman–Crippen MR) is 50.4 cm³/mol. The molecule has 0 unspecified atom stereocenters. The van der Waals surface area contributed by atoms with Crippen LogP contribution in [0.25, 0.3) is 0 Å². The van der Waals surface area contributed by atoms with Crippen LogP contribution in [-0.2, 0) is 19.0 Å². The van der Waals surface area contributed by atoms with E-state index >= 15 is 0 Å². The topological polar surface area (TPSA) is 44.8 Å². The number of ether oxygens (including phenoxy) is 3. The summed E-state index contributed by atoms with van der Waals surface area (Å²) in [6.07, 6.45) is -0.353. The average molecular weight is 200 g/mol. The van der Waals surface area contributed by atoms with Gasteiger partial charge in [-0.25, -0.2) is 4.79 Å². The monoisotopic (exact) mass is 200 g/mol. The number of carbonyl (C=O) groups is 1. The summed E-state index contributed by atoms with van der Waals surface area (Å²) in [5.41, 5.74) is 0.575. The van der Waals surface area contributed by atoms with Gasteiger partial charge in [0.05, 0.1) is 18.6 Å². The zero-order valence-corrected chi connectivity index (χ0v) is 8.99. The van der Waals surface area contributed by atoms with Crippen molar-refractivity contribution in [2.24, 2.45) is 5.92 Å². The lowest BCUT2D eigenvalue weighted by atomic mass is 10.0. The molecule has 1 aliphatic rings. The van der Waals surface area contributed by atoms with Crippen LogP contribution in [0, 0.1) is 5.92 Å². The van der Waals surface area contributed by atoms with Crippen LogP contribution in [0.2, 0.25) is 0 Å². The van der Waals surface area contributed by atoms with Crippen molar-refractivity contribution in [3.63, 3.8) is 0 Å². The van der Waals surface area contributed by atoms with Gasteiger partial charge in [-0.2, -0.15) is 0 Å². The Kier molecular flexibility index (Phi) is 3.52. The van der Waals surface area contributed by atoms with Crippen LogP contribution in [-0.4, -0.2) is 26.0 Å². The van der Waals surface area contributed by atoms with Crippen molar-refractivity contribution in [3.8, 4) is 0 Å². The molecule has 1 heterocycles. The van der Waals surface area contributed by atoms with Gasteiger partial charge in [-0.3, -0.25) is 0 Å². The van der Waals surface area contributed by atoms with Crippen LogP contribution in [0.5, 0.6) is 0 Å². The molecule has 0 saturated heterocycles. The highest BCUT2D eigenvalue weighted by atomic mass is 16.7. The molecule has 0 saturated carbocycles. The van der Waals surface area contributed by atoms with Crippen molar-refractivity contribution in [3.05, 3.63) is 11.3 Å². The van der Waals surface area contributed by atoms with E-state index in [2.05, 4.69) is 4.74 Å². The summed E-state index contributed by atoms with van der Waals surface area (Å²) in [5.74, 6) is 0.197. The van der Waals surface area contributed by atoms with Crippen molar-refractivity contribution in [2.45, 2.75) is 27.1 Å². The quantitative estimate of drug-likeness (QED) is 0.647. The van der Waals surface area contributed by atoms with E-state index < -0.39 is 0 Å². The second kappa shape index (κ2) is 4.46. The summed E-state index contributed by atoms with van der Waals surface area (Å²) in [6, 6.07) is 0. The first-order chi connectivity index (χ1) is 6.61. The van der Waals surface area contributed by atoms with E-state index in [1.807, 2.05) is 13.8 Å². The fraction of sp³-hybridized carbons (Fsp3) is 0.700. The minimum absolute atomic E-state index is 0.0672. The van der Waals surface area contributed by atoms with Gasteiger partial charge < -0.3 is 14.2 Å². The summed E-state index contributed by atoms with van der Waals surface area (Å²) >= 11 is 0. The molecule has 0 aromatic heterocycles. The summed E-state index contributed by atoms with van der Waals surface area (Å²) < 4.78 is 15.4. The van der Waals surface area contributed by atoms with E-state index in [0.29, 0.717) is 17.9 Å². The van der Waals surface area contributed by atoms with Gasteiger partial charge >= 0.3 is 5.97 Å². The lowest BCUT2D eigenvalue weighted by molar-refractivity contribution is -0.138. The number of carbonyl (C=O) groups excluding carboxylic acids is 1. The molecular formula is C10H16O4. The van der Waals surface area contributed by atoms with E-state index in [1.165, 1.54) is 7.11 Å². The third-order valence-electron chi connectivity index (χ3n) is 2.27. The standard InChI is InChI=1S/C10H16O4/c1-5-13-10-6(2)8(7(3)14-10)9(11)12-4/h6,10H,5H2,1-4H3/t6-,10+/m0/s1. The highest BCUT2D eigenvalue weighted by molar-refractivity contribution is 5.89. The van der Waals surface area contributed by atoms with Crippen molar-refractivity contribution < 1.29 is 19.0 Å². The molecular weight excluding hydrogens is 184 g/mol. The molecule has 4 heteroatoms. The molecule has 0 N–H and O–H groups in total. The predicted octanol–water partition coefficient (Wildman–Crippen LogP) is 1.46. The third-order valence-corrected chi connectivity index (χ3v) is 2.27. The molecule has 80 valence electrons. The Hall–Kier alpha value is -1.03. The SMILES string of the molecule is CCO[C@@H]1OC(C)=C(C(=O)OC)[C@@H]1C. The summed E-state index contributed by atoms with van der Waals surface area (Å²) in [4.78, 5) is 11.4. The van der Waals surface area contributed by atoms with Gasteiger partial charge in [0.2, 0.25) is 6.29 Å². The van der Waals surface area contributed by atoms with Crippen molar-refractivity contribution in [2.75, 3.05) is 13.7 Å². The van der Waals surface area contributed by atoms with Crippen LogP contribution in [0.15, 0.2) is 11.3 Å². The van der Waals surface area contributed by atoms with Crippen LogP contribution >= 0.6 is 0 Å². The Bertz CT molecular complexity index is 257. The van der Waals surface area contributed by atoms with Crippen molar-refractivity contribution >= 4 is 5.97 Å². The summed E-state index contributed by atoms with van der Waals surface area (Å²) in [5, 5.41) is 0. The number of rotatable bonds is 3. The zero-order valence-electron chi connectivity index (χ0n) is 8.99.